The van der Waals surface area contributed by atoms with Gasteiger partial charge >= 0.3 is 0 Å². The lowest BCUT2D eigenvalue weighted by molar-refractivity contribution is 0.0787. The summed E-state index contributed by atoms with van der Waals surface area (Å²) in [5, 5.41) is 3.21. The van der Waals surface area contributed by atoms with Crippen molar-refractivity contribution in [2.24, 2.45) is 0 Å². The zero-order valence-electron chi connectivity index (χ0n) is 15.2. The molecule has 1 aromatic carbocycles. The van der Waals surface area contributed by atoms with Crippen molar-refractivity contribution in [3.63, 3.8) is 0 Å². The third-order valence-electron chi connectivity index (χ3n) is 3.74. The highest BCUT2D eigenvalue weighted by Gasteiger charge is 2.15. The number of anilines is 2. The summed E-state index contributed by atoms with van der Waals surface area (Å²) in [6, 6.07) is 7.92. The Bertz CT molecular complexity index is 707. The van der Waals surface area contributed by atoms with E-state index in [2.05, 4.69) is 28.3 Å². The number of unbranched alkanes of at least 4 members (excludes halogenated alkanes) is 1. The van der Waals surface area contributed by atoms with Crippen molar-refractivity contribution in [3.8, 4) is 0 Å². The van der Waals surface area contributed by atoms with Crippen molar-refractivity contribution in [1.82, 2.24) is 14.9 Å². The second-order valence-corrected chi connectivity index (χ2v) is 6.30. The number of carbonyl (C=O) groups excluding carboxylic acids is 1. The van der Waals surface area contributed by atoms with Gasteiger partial charge in [0.15, 0.2) is 0 Å². The number of rotatable bonds is 6. The van der Waals surface area contributed by atoms with Crippen molar-refractivity contribution in [2.75, 3.05) is 18.9 Å². The van der Waals surface area contributed by atoms with Crippen molar-refractivity contribution in [2.45, 2.75) is 40.5 Å². The Hall–Kier alpha value is -2.43. The normalized spacial score (nSPS) is 10.5. The summed E-state index contributed by atoms with van der Waals surface area (Å²) >= 11 is 0. The number of hydrogen-bond acceptors (Lipinski definition) is 4. The van der Waals surface area contributed by atoms with Crippen LogP contribution in [0.5, 0.6) is 0 Å². The quantitative estimate of drug-likeness (QED) is 0.871. The van der Waals surface area contributed by atoms with Crippen LogP contribution in [0.15, 0.2) is 24.3 Å². The molecule has 2 aromatic rings. The minimum Gasteiger partial charge on any atom is -0.340 e. The topological polar surface area (TPSA) is 58.1 Å². The Labute approximate surface area is 144 Å². The predicted molar refractivity (Wildman–Crippen MR) is 97.8 cm³/mol. The molecule has 0 spiro atoms. The van der Waals surface area contributed by atoms with Gasteiger partial charge in [0.1, 0.15) is 5.69 Å². The van der Waals surface area contributed by atoms with Gasteiger partial charge in [-0.15, -0.1) is 0 Å². The summed E-state index contributed by atoms with van der Waals surface area (Å²) in [5.41, 5.74) is 4.45. The van der Waals surface area contributed by atoms with Crippen LogP contribution in [-0.4, -0.2) is 34.4 Å². The molecule has 0 aliphatic heterocycles. The van der Waals surface area contributed by atoms with E-state index in [0.717, 1.165) is 30.8 Å². The highest BCUT2D eigenvalue weighted by atomic mass is 16.2. The third kappa shape index (κ3) is 4.78. The largest absolute Gasteiger partial charge is 0.340 e. The molecule has 0 fully saturated rings. The summed E-state index contributed by atoms with van der Waals surface area (Å²) in [6.45, 7) is 8.81. The van der Waals surface area contributed by atoms with E-state index in [0.29, 0.717) is 11.6 Å². The molecule has 24 heavy (non-hydrogen) atoms. The molecule has 0 saturated carbocycles. The van der Waals surface area contributed by atoms with E-state index < -0.39 is 0 Å². The molecule has 1 N–H and O–H groups in total. The van der Waals surface area contributed by atoms with Crippen LogP contribution in [0.25, 0.3) is 0 Å². The third-order valence-corrected chi connectivity index (χ3v) is 3.74. The summed E-state index contributed by atoms with van der Waals surface area (Å²) in [7, 11) is 1.81. The number of amides is 1. The Morgan fingerprint density at radius 1 is 1.08 bits per heavy atom. The van der Waals surface area contributed by atoms with E-state index >= 15 is 0 Å². The van der Waals surface area contributed by atoms with Gasteiger partial charge in [-0.05, 0) is 56.5 Å². The standard InChI is InChI=1S/C19H26N4O/c1-6-7-8-23(5)18(24)17-12-15(4)20-19(22-17)21-16-10-13(2)9-14(3)11-16/h9-12H,6-8H2,1-5H3,(H,20,21,22). The van der Waals surface area contributed by atoms with E-state index in [1.807, 2.05) is 40.0 Å². The lowest BCUT2D eigenvalue weighted by atomic mass is 10.1. The first-order valence-electron chi connectivity index (χ1n) is 8.35. The molecule has 2 rings (SSSR count). The molecule has 0 atom stereocenters. The number of benzene rings is 1. The highest BCUT2D eigenvalue weighted by Crippen LogP contribution is 2.18. The Morgan fingerprint density at radius 2 is 1.75 bits per heavy atom. The zero-order chi connectivity index (χ0) is 17.7. The maximum absolute atomic E-state index is 12.5. The Kier molecular flexibility index (Phi) is 5.90. The lowest BCUT2D eigenvalue weighted by Gasteiger charge is -2.17. The monoisotopic (exact) mass is 326 g/mol. The molecule has 128 valence electrons. The van der Waals surface area contributed by atoms with Gasteiger partial charge in [0.05, 0.1) is 0 Å². The number of aryl methyl sites for hydroxylation is 3. The van der Waals surface area contributed by atoms with E-state index in [-0.39, 0.29) is 5.91 Å². The summed E-state index contributed by atoms with van der Waals surface area (Å²) in [4.78, 5) is 23.0. The molecule has 1 amide bonds. The number of hydrogen-bond donors (Lipinski definition) is 1. The maximum Gasteiger partial charge on any atom is 0.272 e. The molecular weight excluding hydrogens is 300 g/mol. The van der Waals surface area contributed by atoms with Gasteiger partial charge in [-0.1, -0.05) is 19.4 Å². The first-order chi connectivity index (χ1) is 11.4. The predicted octanol–water partition coefficient (Wildman–Crippen LogP) is 4.02. The molecule has 0 bridgehead atoms. The highest BCUT2D eigenvalue weighted by molar-refractivity contribution is 5.92. The molecule has 1 heterocycles. The van der Waals surface area contributed by atoms with Gasteiger partial charge in [0.25, 0.3) is 5.91 Å². The van der Waals surface area contributed by atoms with Gasteiger partial charge in [-0.2, -0.15) is 0 Å². The average Bonchev–Trinajstić information content (AvgIpc) is 2.50. The van der Waals surface area contributed by atoms with Crippen LogP contribution in [0.1, 0.15) is 47.1 Å². The van der Waals surface area contributed by atoms with E-state index in [9.17, 15) is 4.79 Å². The van der Waals surface area contributed by atoms with Crippen molar-refractivity contribution >= 4 is 17.5 Å². The fourth-order valence-corrected chi connectivity index (χ4v) is 2.60. The summed E-state index contributed by atoms with van der Waals surface area (Å²) in [6.07, 6.45) is 2.04. The van der Waals surface area contributed by atoms with Gasteiger partial charge in [0, 0.05) is 25.0 Å². The van der Waals surface area contributed by atoms with Gasteiger partial charge in [-0.25, -0.2) is 9.97 Å². The number of nitrogens with zero attached hydrogens (tertiary/aromatic N) is 3. The second kappa shape index (κ2) is 7.90. The van der Waals surface area contributed by atoms with Crippen LogP contribution in [-0.2, 0) is 0 Å². The zero-order valence-corrected chi connectivity index (χ0v) is 15.2. The van der Waals surface area contributed by atoms with Gasteiger partial charge < -0.3 is 10.2 Å². The van der Waals surface area contributed by atoms with Crippen LogP contribution in [0.3, 0.4) is 0 Å². The number of aromatic nitrogens is 2. The maximum atomic E-state index is 12.5. The Morgan fingerprint density at radius 3 is 2.38 bits per heavy atom. The van der Waals surface area contributed by atoms with E-state index in [4.69, 9.17) is 0 Å². The smallest absolute Gasteiger partial charge is 0.272 e. The van der Waals surface area contributed by atoms with Crippen LogP contribution in [0.2, 0.25) is 0 Å². The van der Waals surface area contributed by atoms with Gasteiger partial charge in [-0.3, -0.25) is 4.79 Å². The van der Waals surface area contributed by atoms with Crippen molar-refractivity contribution in [3.05, 3.63) is 46.8 Å². The molecule has 0 aliphatic carbocycles. The molecule has 0 aliphatic rings. The fourth-order valence-electron chi connectivity index (χ4n) is 2.60. The SMILES string of the molecule is CCCCN(C)C(=O)c1cc(C)nc(Nc2cc(C)cc(C)c2)n1. The molecule has 0 unspecified atom stereocenters. The second-order valence-electron chi connectivity index (χ2n) is 6.30. The number of nitrogens with one attached hydrogen (secondary N) is 1. The fraction of sp³-hybridized carbons (Fsp3) is 0.421. The van der Waals surface area contributed by atoms with Crippen molar-refractivity contribution in [1.29, 1.82) is 0 Å². The Balaban J connectivity index is 2.23. The molecule has 5 heteroatoms. The van der Waals surface area contributed by atoms with Gasteiger partial charge in [0.2, 0.25) is 5.95 Å². The van der Waals surface area contributed by atoms with Crippen molar-refractivity contribution < 1.29 is 4.79 Å². The number of carbonyl (C=O) groups is 1. The minimum atomic E-state index is -0.0718. The molecule has 0 saturated heterocycles. The average molecular weight is 326 g/mol. The van der Waals surface area contributed by atoms with Crippen LogP contribution in [0, 0.1) is 20.8 Å². The first-order valence-corrected chi connectivity index (χ1v) is 8.35. The molecule has 1 aromatic heterocycles. The summed E-state index contributed by atoms with van der Waals surface area (Å²) < 4.78 is 0. The molecular formula is C19H26N4O. The van der Waals surface area contributed by atoms with E-state index in [1.54, 1.807) is 11.0 Å². The van der Waals surface area contributed by atoms with Crippen LogP contribution in [0.4, 0.5) is 11.6 Å². The molecule has 0 radical (unpaired) electrons. The van der Waals surface area contributed by atoms with Crippen LogP contribution < -0.4 is 5.32 Å². The van der Waals surface area contributed by atoms with Crippen LogP contribution >= 0.6 is 0 Å². The minimum absolute atomic E-state index is 0.0718. The summed E-state index contributed by atoms with van der Waals surface area (Å²) in [5.74, 6) is 0.379. The lowest BCUT2D eigenvalue weighted by Crippen LogP contribution is -2.28. The first kappa shape index (κ1) is 17.9. The molecule has 5 nitrogen and oxygen atoms in total. The van der Waals surface area contributed by atoms with E-state index in [1.165, 1.54) is 11.1 Å².